The topological polar surface area (TPSA) is 71.9 Å². The fraction of sp³-hybridized carbons (Fsp3) is 0.455. The van der Waals surface area contributed by atoms with Crippen LogP contribution in [0.15, 0.2) is 54.7 Å². The molecule has 1 atom stereocenters. The SMILES string of the molecule is Cc1ncc(-c2ccc(OCCc3ccccc3)c(F)c2)c(N2CCC(C)(C)CC2)c1C(OC(C)(C)C)C(=O)O. The summed E-state index contributed by atoms with van der Waals surface area (Å²) in [6, 6.07) is 14.8. The van der Waals surface area contributed by atoms with Gasteiger partial charge in [0.2, 0.25) is 0 Å². The standard InChI is InChI=1S/C33H41FN2O4/c1-22-28(30(31(37)38)40-32(2,3)4)29(36-17-15-33(5,6)16-18-36)25(21-35-22)24-12-13-27(26(34)20-24)39-19-14-23-10-8-7-9-11-23/h7-13,20-21,30H,14-19H2,1-6H3,(H,37,38). The fourth-order valence-corrected chi connectivity index (χ4v) is 5.11. The normalized spacial score (nSPS) is 16.0. The van der Waals surface area contributed by atoms with Crippen LogP contribution in [0.2, 0.25) is 0 Å². The third-order valence-corrected chi connectivity index (χ3v) is 7.41. The molecule has 0 amide bonds. The lowest BCUT2D eigenvalue weighted by atomic mass is 9.82. The minimum atomic E-state index is -1.22. The van der Waals surface area contributed by atoms with E-state index >= 15 is 4.39 Å². The van der Waals surface area contributed by atoms with Crippen LogP contribution in [-0.2, 0) is 16.0 Å². The largest absolute Gasteiger partial charge is 0.490 e. The number of carbonyl (C=O) groups is 1. The van der Waals surface area contributed by atoms with E-state index in [0.717, 1.165) is 37.2 Å². The Balaban J connectivity index is 1.73. The highest BCUT2D eigenvalue weighted by Gasteiger charge is 2.35. The lowest BCUT2D eigenvalue weighted by Gasteiger charge is -2.41. The summed E-state index contributed by atoms with van der Waals surface area (Å²) in [4.78, 5) is 19.4. The Labute approximate surface area is 237 Å². The number of nitrogens with zero attached hydrogens (tertiary/aromatic N) is 2. The van der Waals surface area contributed by atoms with Gasteiger partial charge in [0.15, 0.2) is 17.7 Å². The van der Waals surface area contributed by atoms with E-state index in [1.807, 2.05) is 64.1 Å². The molecule has 1 aliphatic rings. The van der Waals surface area contributed by atoms with Gasteiger partial charge in [-0.25, -0.2) is 9.18 Å². The van der Waals surface area contributed by atoms with Gasteiger partial charge in [0.25, 0.3) is 0 Å². The third kappa shape index (κ3) is 7.19. The number of rotatable bonds is 9. The summed E-state index contributed by atoms with van der Waals surface area (Å²) in [6.07, 6.45) is 3.08. The molecule has 0 bridgehead atoms. The summed E-state index contributed by atoms with van der Waals surface area (Å²) < 4.78 is 27.2. The van der Waals surface area contributed by atoms with Gasteiger partial charge in [0.1, 0.15) is 0 Å². The minimum Gasteiger partial charge on any atom is -0.490 e. The number of carboxylic acid groups (broad SMARTS) is 1. The zero-order valence-electron chi connectivity index (χ0n) is 24.5. The summed E-state index contributed by atoms with van der Waals surface area (Å²) in [5, 5.41) is 10.3. The summed E-state index contributed by atoms with van der Waals surface area (Å²) in [6.45, 7) is 13.7. The predicted octanol–water partition coefficient (Wildman–Crippen LogP) is 7.38. The lowest BCUT2D eigenvalue weighted by Crippen LogP contribution is -2.39. The molecule has 2 heterocycles. The van der Waals surface area contributed by atoms with Gasteiger partial charge in [-0.1, -0.05) is 50.2 Å². The van der Waals surface area contributed by atoms with Crippen molar-refractivity contribution in [2.24, 2.45) is 5.41 Å². The monoisotopic (exact) mass is 548 g/mol. The smallest absolute Gasteiger partial charge is 0.337 e. The second-order valence-electron chi connectivity index (χ2n) is 12.3. The van der Waals surface area contributed by atoms with Gasteiger partial charge in [0, 0.05) is 42.5 Å². The number of aliphatic carboxylic acids is 1. The van der Waals surface area contributed by atoms with Crippen LogP contribution >= 0.6 is 0 Å². The van der Waals surface area contributed by atoms with E-state index < -0.39 is 23.5 Å². The number of anilines is 1. The number of aryl methyl sites for hydroxylation is 1. The van der Waals surface area contributed by atoms with Crippen LogP contribution in [0.25, 0.3) is 11.1 Å². The quantitative estimate of drug-likeness (QED) is 0.301. The first-order chi connectivity index (χ1) is 18.8. The number of carboxylic acids is 1. The van der Waals surface area contributed by atoms with Crippen molar-refractivity contribution >= 4 is 11.7 Å². The first-order valence-electron chi connectivity index (χ1n) is 14.0. The summed E-state index contributed by atoms with van der Waals surface area (Å²) in [5.41, 5.74) is 3.76. The van der Waals surface area contributed by atoms with Crippen molar-refractivity contribution in [1.82, 2.24) is 4.98 Å². The van der Waals surface area contributed by atoms with E-state index in [9.17, 15) is 9.90 Å². The van der Waals surface area contributed by atoms with Crippen LogP contribution in [-0.4, -0.2) is 41.4 Å². The second kappa shape index (κ2) is 12.0. The molecule has 1 unspecified atom stereocenters. The molecule has 2 aromatic carbocycles. The van der Waals surface area contributed by atoms with E-state index in [1.165, 1.54) is 6.07 Å². The number of pyridine rings is 1. The molecule has 1 aromatic heterocycles. The molecule has 1 saturated heterocycles. The van der Waals surface area contributed by atoms with E-state index in [0.29, 0.717) is 35.4 Å². The Kier molecular flexibility index (Phi) is 8.83. The number of benzene rings is 2. The molecule has 40 heavy (non-hydrogen) atoms. The predicted molar refractivity (Wildman–Crippen MR) is 156 cm³/mol. The zero-order valence-corrected chi connectivity index (χ0v) is 24.5. The Morgan fingerprint density at radius 3 is 2.40 bits per heavy atom. The molecule has 1 aliphatic heterocycles. The van der Waals surface area contributed by atoms with Gasteiger partial charge in [-0.2, -0.15) is 0 Å². The maximum Gasteiger partial charge on any atom is 0.337 e. The Morgan fingerprint density at radius 1 is 1.12 bits per heavy atom. The maximum absolute atomic E-state index is 15.3. The highest BCUT2D eigenvalue weighted by atomic mass is 19.1. The molecule has 6 nitrogen and oxygen atoms in total. The molecule has 0 aliphatic carbocycles. The number of piperidine rings is 1. The molecule has 0 saturated carbocycles. The van der Waals surface area contributed by atoms with Gasteiger partial charge in [0.05, 0.1) is 17.9 Å². The molecule has 3 aromatic rings. The van der Waals surface area contributed by atoms with Crippen molar-refractivity contribution < 1.29 is 23.8 Å². The summed E-state index contributed by atoms with van der Waals surface area (Å²) in [5.74, 6) is -1.37. The molecular weight excluding hydrogens is 507 g/mol. The van der Waals surface area contributed by atoms with Crippen LogP contribution in [0.4, 0.5) is 10.1 Å². The first-order valence-corrected chi connectivity index (χ1v) is 14.0. The van der Waals surface area contributed by atoms with Gasteiger partial charge >= 0.3 is 5.97 Å². The second-order valence-corrected chi connectivity index (χ2v) is 12.3. The average Bonchev–Trinajstić information content (AvgIpc) is 2.88. The number of halogens is 1. The Bertz CT molecular complexity index is 1320. The minimum absolute atomic E-state index is 0.181. The van der Waals surface area contributed by atoms with Crippen LogP contribution in [0.5, 0.6) is 5.75 Å². The fourth-order valence-electron chi connectivity index (χ4n) is 5.11. The van der Waals surface area contributed by atoms with E-state index in [-0.39, 0.29) is 11.2 Å². The molecule has 0 spiro atoms. The van der Waals surface area contributed by atoms with Crippen molar-refractivity contribution in [3.8, 4) is 16.9 Å². The van der Waals surface area contributed by atoms with Gasteiger partial charge in [-0.3, -0.25) is 4.98 Å². The summed E-state index contributed by atoms with van der Waals surface area (Å²) in [7, 11) is 0. The number of hydrogen-bond acceptors (Lipinski definition) is 5. The molecule has 4 rings (SSSR count). The lowest BCUT2D eigenvalue weighted by molar-refractivity contribution is -0.160. The van der Waals surface area contributed by atoms with E-state index in [1.54, 1.807) is 12.3 Å². The van der Waals surface area contributed by atoms with Crippen LogP contribution in [0, 0.1) is 18.2 Å². The van der Waals surface area contributed by atoms with Crippen molar-refractivity contribution in [2.45, 2.75) is 72.5 Å². The third-order valence-electron chi connectivity index (χ3n) is 7.41. The summed E-state index contributed by atoms with van der Waals surface area (Å²) >= 11 is 0. The molecule has 1 fully saturated rings. The zero-order chi connectivity index (χ0) is 29.1. The number of hydrogen-bond donors (Lipinski definition) is 1. The number of ether oxygens (including phenoxy) is 2. The highest BCUT2D eigenvalue weighted by Crippen LogP contribution is 2.43. The highest BCUT2D eigenvalue weighted by molar-refractivity contribution is 5.86. The van der Waals surface area contributed by atoms with Crippen LogP contribution in [0.1, 0.15) is 70.4 Å². The van der Waals surface area contributed by atoms with Crippen LogP contribution in [0.3, 0.4) is 0 Å². The molecular formula is C33H41FN2O4. The molecule has 7 heteroatoms. The van der Waals surface area contributed by atoms with Crippen LogP contribution < -0.4 is 9.64 Å². The maximum atomic E-state index is 15.3. The van der Waals surface area contributed by atoms with E-state index in [2.05, 4.69) is 23.7 Å². The van der Waals surface area contributed by atoms with Gasteiger partial charge in [-0.15, -0.1) is 0 Å². The first kappa shape index (κ1) is 29.5. The van der Waals surface area contributed by atoms with Crippen molar-refractivity contribution in [3.05, 3.63) is 77.4 Å². The Morgan fingerprint density at radius 2 is 1.80 bits per heavy atom. The average molecular weight is 549 g/mol. The van der Waals surface area contributed by atoms with Gasteiger partial charge in [-0.05, 0) is 69.2 Å². The van der Waals surface area contributed by atoms with Gasteiger partial charge < -0.3 is 19.5 Å². The number of aromatic nitrogens is 1. The van der Waals surface area contributed by atoms with Crippen molar-refractivity contribution in [2.75, 3.05) is 24.6 Å². The van der Waals surface area contributed by atoms with Crippen molar-refractivity contribution in [1.29, 1.82) is 0 Å². The van der Waals surface area contributed by atoms with E-state index in [4.69, 9.17) is 9.47 Å². The van der Waals surface area contributed by atoms with Crippen molar-refractivity contribution in [3.63, 3.8) is 0 Å². The molecule has 1 N–H and O–H groups in total. The Hall–Kier alpha value is -3.45. The molecule has 0 radical (unpaired) electrons. The molecule has 214 valence electrons.